The van der Waals surface area contributed by atoms with E-state index in [0.717, 1.165) is 22.3 Å². The van der Waals surface area contributed by atoms with Gasteiger partial charge in [-0.15, -0.1) is 0 Å². The summed E-state index contributed by atoms with van der Waals surface area (Å²) in [6, 6.07) is 2.02. The number of hydrogen-bond acceptors (Lipinski definition) is 5. The van der Waals surface area contributed by atoms with Crippen molar-refractivity contribution in [2.24, 2.45) is 0 Å². The molecule has 1 aromatic heterocycles. The predicted molar refractivity (Wildman–Crippen MR) is 106 cm³/mol. The minimum atomic E-state index is -3.62. The van der Waals surface area contributed by atoms with Crippen LogP contribution in [0.2, 0.25) is 0 Å². The maximum atomic E-state index is 13.3. The van der Waals surface area contributed by atoms with Gasteiger partial charge in [-0.05, 0) is 63.8 Å². The molecule has 1 amide bonds. The molecule has 1 aliphatic heterocycles. The number of carbonyl (C=O) groups excluding carboxylic acids is 1. The average molecular weight is 406 g/mol. The Kier molecular flexibility index (Phi) is 5.38. The molecule has 3 rings (SSSR count). The summed E-state index contributed by atoms with van der Waals surface area (Å²) in [5, 5.41) is 3.83. The van der Waals surface area contributed by atoms with Crippen LogP contribution >= 0.6 is 0 Å². The van der Waals surface area contributed by atoms with E-state index in [9.17, 15) is 13.2 Å². The SMILES string of the molecule is Cc1cc(C)c(C)c(S(=O)(=O)N2CCN(C(=O)c3c(C)noc3C)CC2)c1C. The summed E-state index contributed by atoms with van der Waals surface area (Å²) in [7, 11) is -3.62. The fraction of sp³-hybridized carbons (Fsp3) is 0.500. The fourth-order valence-corrected chi connectivity index (χ4v) is 5.77. The highest BCUT2D eigenvalue weighted by molar-refractivity contribution is 7.89. The second kappa shape index (κ2) is 7.33. The Labute approximate surface area is 166 Å². The first-order chi connectivity index (χ1) is 13.1. The first-order valence-electron chi connectivity index (χ1n) is 9.35. The van der Waals surface area contributed by atoms with Crippen molar-refractivity contribution < 1.29 is 17.7 Å². The van der Waals surface area contributed by atoms with Crippen LogP contribution in [-0.2, 0) is 10.0 Å². The molecule has 0 saturated carbocycles. The highest BCUT2D eigenvalue weighted by Crippen LogP contribution is 2.29. The molecule has 28 heavy (non-hydrogen) atoms. The summed E-state index contributed by atoms with van der Waals surface area (Å²) in [5.74, 6) is 0.325. The Morgan fingerprint density at radius 2 is 1.50 bits per heavy atom. The lowest BCUT2D eigenvalue weighted by Crippen LogP contribution is -2.50. The molecule has 0 spiro atoms. The third-order valence-electron chi connectivity index (χ3n) is 5.67. The molecular formula is C20H27N3O4S. The van der Waals surface area contributed by atoms with Gasteiger partial charge in [0.2, 0.25) is 10.0 Å². The molecule has 2 aromatic rings. The van der Waals surface area contributed by atoms with E-state index >= 15 is 0 Å². The van der Waals surface area contributed by atoms with Gasteiger partial charge in [-0.2, -0.15) is 4.31 Å². The van der Waals surface area contributed by atoms with Crippen molar-refractivity contribution in [3.63, 3.8) is 0 Å². The number of sulfonamides is 1. The first-order valence-corrected chi connectivity index (χ1v) is 10.8. The van der Waals surface area contributed by atoms with E-state index in [1.807, 2.05) is 33.8 Å². The Balaban J connectivity index is 1.83. The van der Waals surface area contributed by atoms with Crippen molar-refractivity contribution in [1.29, 1.82) is 0 Å². The van der Waals surface area contributed by atoms with Gasteiger partial charge in [0.1, 0.15) is 11.3 Å². The zero-order chi connectivity index (χ0) is 20.8. The number of piperazine rings is 1. The Morgan fingerprint density at radius 1 is 0.964 bits per heavy atom. The zero-order valence-electron chi connectivity index (χ0n) is 17.3. The van der Waals surface area contributed by atoms with Gasteiger partial charge in [-0.25, -0.2) is 8.42 Å². The topological polar surface area (TPSA) is 83.7 Å². The van der Waals surface area contributed by atoms with E-state index in [2.05, 4.69) is 5.16 Å². The number of benzene rings is 1. The molecule has 2 heterocycles. The largest absolute Gasteiger partial charge is 0.361 e. The van der Waals surface area contributed by atoms with E-state index in [1.165, 1.54) is 4.31 Å². The van der Waals surface area contributed by atoms with E-state index in [4.69, 9.17) is 4.52 Å². The minimum absolute atomic E-state index is 0.160. The second-order valence-electron chi connectivity index (χ2n) is 7.48. The molecular weight excluding hydrogens is 378 g/mol. The van der Waals surface area contributed by atoms with E-state index < -0.39 is 10.0 Å². The Bertz CT molecular complexity index is 986. The van der Waals surface area contributed by atoms with Gasteiger partial charge in [0.15, 0.2) is 0 Å². The average Bonchev–Trinajstić information content (AvgIpc) is 2.98. The van der Waals surface area contributed by atoms with Crippen molar-refractivity contribution in [3.8, 4) is 0 Å². The van der Waals surface area contributed by atoms with Crippen LogP contribution in [0.4, 0.5) is 0 Å². The van der Waals surface area contributed by atoms with Crippen LogP contribution in [0.15, 0.2) is 15.5 Å². The van der Waals surface area contributed by atoms with Gasteiger partial charge < -0.3 is 9.42 Å². The summed E-state index contributed by atoms with van der Waals surface area (Å²) in [5.41, 5.74) is 4.54. The predicted octanol–water partition coefficient (Wildman–Crippen LogP) is 2.67. The maximum absolute atomic E-state index is 13.3. The molecule has 8 heteroatoms. The van der Waals surface area contributed by atoms with Gasteiger partial charge in [-0.3, -0.25) is 4.79 Å². The molecule has 0 N–H and O–H groups in total. The third-order valence-corrected chi connectivity index (χ3v) is 7.84. The number of nitrogens with zero attached hydrogens (tertiary/aromatic N) is 3. The van der Waals surface area contributed by atoms with Crippen molar-refractivity contribution in [2.45, 2.75) is 46.4 Å². The van der Waals surface area contributed by atoms with Crippen LogP contribution in [0.1, 0.15) is 44.1 Å². The normalized spacial score (nSPS) is 15.9. The standard InChI is InChI=1S/C20H27N3O4S/c1-12-11-13(2)15(4)19(14(12)3)28(25,26)23-9-7-22(8-10-23)20(24)18-16(5)21-27-17(18)6/h11H,7-10H2,1-6H3. The van der Waals surface area contributed by atoms with Crippen LogP contribution in [0.5, 0.6) is 0 Å². The molecule has 0 atom stereocenters. The lowest BCUT2D eigenvalue weighted by atomic mass is 10.0. The molecule has 1 aliphatic rings. The van der Waals surface area contributed by atoms with E-state index in [1.54, 1.807) is 18.7 Å². The summed E-state index contributed by atoms with van der Waals surface area (Å²) >= 11 is 0. The van der Waals surface area contributed by atoms with Crippen LogP contribution in [0, 0.1) is 41.5 Å². The molecule has 7 nitrogen and oxygen atoms in total. The molecule has 0 aliphatic carbocycles. The van der Waals surface area contributed by atoms with Crippen LogP contribution in [0.25, 0.3) is 0 Å². The molecule has 0 bridgehead atoms. The zero-order valence-corrected chi connectivity index (χ0v) is 18.1. The number of amides is 1. The van der Waals surface area contributed by atoms with Crippen molar-refractivity contribution in [3.05, 3.63) is 45.3 Å². The highest BCUT2D eigenvalue weighted by Gasteiger charge is 2.34. The van der Waals surface area contributed by atoms with Crippen LogP contribution in [0.3, 0.4) is 0 Å². The number of carbonyl (C=O) groups is 1. The first kappa shape index (κ1) is 20.5. The Morgan fingerprint density at radius 3 is 1.96 bits per heavy atom. The summed E-state index contributed by atoms with van der Waals surface area (Å²) in [4.78, 5) is 14.8. The van der Waals surface area contributed by atoms with E-state index in [-0.39, 0.29) is 19.0 Å². The smallest absolute Gasteiger partial charge is 0.259 e. The summed E-state index contributed by atoms with van der Waals surface area (Å²) in [6.07, 6.45) is 0. The van der Waals surface area contributed by atoms with Gasteiger partial charge in [0, 0.05) is 26.2 Å². The molecule has 152 valence electrons. The van der Waals surface area contributed by atoms with Gasteiger partial charge in [-0.1, -0.05) is 11.2 Å². The lowest BCUT2D eigenvalue weighted by molar-refractivity contribution is 0.0695. The molecule has 1 saturated heterocycles. The van der Waals surface area contributed by atoms with Crippen molar-refractivity contribution in [2.75, 3.05) is 26.2 Å². The molecule has 1 aromatic carbocycles. The van der Waals surface area contributed by atoms with Crippen molar-refractivity contribution >= 4 is 15.9 Å². The maximum Gasteiger partial charge on any atom is 0.259 e. The fourth-order valence-electron chi connectivity index (χ4n) is 3.77. The number of aromatic nitrogens is 1. The number of rotatable bonds is 3. The van der Waals surface area contributed by atoms with Crippen molar-refractivity contribution in [1.82, 2.24) is 14.4 Å². The molecule has 1 fully saturated rings. The van der Waals surface area contributed by atoms with Crippen LogP contribution < -0.4 is 0 Å². The highest BCUT2D eigenvalue weighted by atomic mass is 32.2. The van der Waals surface area contributed by atoms with Gasteiger partial charge >= 0.3 is 0 Å². The second-order valence-corrected chi connectivity index (χ2v) is 9.36. The summed E-state index contributed by atoms with van der Waals surface area (Å²) < 4.78 is 33.3. The monoisotopic (exact) mass is 405 g/mol. The third kappa shape index (κ3) is 3.35. The lowest BCUT2D eigenvalue weighted by Gasteiger charge is -2.34. The van der Waals surface area contributed by atoms with E-state index in [0.29, 0.717) is 35.0 Å². The van der Waals surface area contributed by atoms with Crippen LogP contribution in [-0.4, -0.2) is 54.9 Å². The summed E-state index contributed by atoms with van der Waals surface area (Å²) in [6.45, 7) is 12.2. The van der Waals surface area contributed by atoms with Gasteiger partial charge in [0.05, 0.1) is 10.6 Å². The Hall–Kier alpha value is -2.19. The quantitative estimate of drug-likeness (QED) is 0.784. The molecule has 0 radical (unpaired) electrons. The minimum Gasteiger partial charge on any atom is -0.361 e. The van der Waals surface area contributed by atoms with Gasteiger partial charge in [0.25, 0.3) is 5.91 Å². The number of hydrogen-bond donors (Lipinski definition) is 0. The number of aryl methyl sites for hydroxylation is 4. The molecule has 0 unspecified atom stereocenters.